The summed E-state index contributed by atoms with van der Waals surface area (Å²) in [6.07, 6.45) is 4.98. The molecule has 0 saturated carbocycles. The Morgan fingerprint density at radius 1 is 1.28 bits per heavy atom. The normalized spacial score (nSPS) is 12.4. The number of imidazole rings is 1. The molecule has 0 aliphatic heterocycles. The van der Waals surface area contributed by atoms with E-state index in [0.29, 0.717) is 6.04 Å². The molecule has 1 aromatic heterocycles. The highest BCUT2D eigenvalue weighted by atomic mass is 15.2. The molecule has 1 aromatic carbocycles. The lowest BCUT2D eigenvalue weighted by Crippen LogP contribution is -2.12. The number of benzene rings is 1. The summed E-state index contributed by atoms with van der Waals surface area (Å²) in [6, 6.07) is 8.98. The smallest absolute Gasteiger partial charge is 0.203 e. The summed E-state index contributed by atoms with van der Waals surface area (Å²) in [5.74, 6) is 0.949. The third-order valence-electron chi connectivity index (χ3n) is 3.18. The number of anilines is 1. The molecule has 0 aliphatic carbocycles. The quantitative estimate of drug-likeness (QED) is 0.869. The fourth-order valence-corrected chi connectivity index (χ4v) is 2.00. The summed E-state index contributed by atoms with van der Waals surface area (Å²) in [5.41, 5.74) is 2.60. The van der Waals surface area contributed by atoms with Gasteiger partial charge in [0.2, 0.25) is 5.95 Å². The molecule has 1 N–H and O–H groups in total. The van der Waals surface area contributed by atoms with E-state index in [4.69, 9.17) is 0 Å². The maximum atomic E-state index is 4.37. The van der Waals surface area contributed by atoms with Gasteiger partial charge < -0.3 is 9.88 Å². The minimum Gasteiger partial charge on any atom is -0.356 e. The second-order valence-electron chi connectivity index (χ2n) is 4.67. The van der Waals surface area contributed by atoms with E-state index in [1.165, 1.54) is 11.1 Å². The van der Waals surface area contributed by atoms with Gasteiger partial charge in [0, 0.05) is 18.9 Å². The highest BCUT2D eigenvalue weighted by Gasteiger charge is 2.11. The van der Waals surface area contributed by atoms with Crippen LogP contribution in [0.5, 0.6) is 0 Å². The monoisotopic (exact) mass is 243 g/mol. The molecule has 1 atom stereocenters. The first-order valence-corrected chi connectivity index (χ1v) is 6.55. The van der Waals surface area contributed by atoms with Crippen molar-refractivity contribution in [2.75, 3.05) is 11.9 Å². The minimum atomic E-state index is 0.299. The summed E-state index contributed by atoms with van der Waals surface area (Å²) < 4.78 is 2.18. The molecule has 3 heteroatoms. The van der Waals surface area contributed by atoms with Crippen LogP contribution in [0.15, 0.2) is 36.7 Å². The van der Waals surface area contributed by atoms with Crippen LogP contribution in [0.1, 0.15) is 37.4 Å². The number of aromatic nitrogens is 2. The van der Waals surface area contributed by atoms with E-state index in [1.54, 1.807) is 0 Å². The average Bonchev–Trinajstić information content (AvgIpc) is 2.84. The number of aryl methyl sites for hydroxylation is 1. The van der Waals surface area contributed by atoms with E-state index < -0.39 is 0 Å². The van der Waals surface area contributed by atoms with Crippen LogP contribution in [0.4, 0.5) is 5.95 Å². The van der Waals surface area contributed by atoms with Crippen LogP contribution in [0.25, 0.3) is 0 Å². The largest absolute Gasteiger partial charge is 0.356 e. The minimum absolute atomic E-state index is 0.299. The van der Waals surface area contributed by atoms with Crippen LogP contribution < -0.4 is 5.32 Å². The maximum Gasteiger partial charge on any atom is 0.203 e. The first-order chi connectivity index (χ1) is 8.72. The molecule has 18 heavy (non-hydrogen) atoms. The predicted octanol–water partition coefficient (Wildman–Crippen LogP) is 3.62. The van der Waals surface area contributed by atoms with Gasteiger partial charge in [0.25, 0.3) is 0 Å². The van der Waals surface area contributed by atoms with Crippen LogP contribution in [0.2, 0.25) is 0 Å². The van der Waals surface area contributed by atoms with Crippen LogP contribution in [-0.2, 0) is 0 Å². The van der Waals surface area contributed by atoms with Gasteiger partial charge in [-0.2, -0.15) is 0 Å². The first-order valence-electron chi connectivity index (χ1n) is 6.55. The molecule has 0 saturated heterocycles. The fraction of sp³-hybridized carbons (Fsp3) is 0.400. The van der Waals surface area contributed by atoms with Crippen molar-refractivity contribution in [1.82, 2.24) is 9.55 Å². The molecule has 1 unspecified atom stereocenters. The van der Waals surface area contributed by atoms with Crippen molar-refractivity contribution < 1.29 is 0 Å². The summed E-state index contributed by atoms with van der Waals surface area (Å²) in [6.45, 7) is 7.42. The molecule has 96 valence electrons. The zero-order valence-corrected chi connectivity index (χ0v) is 11.4. The van der Waals surface area contributed by atoms with Gasteiger partial charge >= 0.3 is 0 Å². The lowest BCUT2D eigenvalue weighted by Gasteiger charge is -2.17. The molecule has 0 aliphatic rings. The summed E-state index contributed by atoms with van der Waals surface area (Å²) in [4.78, 5) is 4.37. The highest BCUT2D eigenvalue weighted by Crippen LogP contribution is 2.21. The fourth-order valence-electron chi connectivity index (χ4n) is 2.00. The Morgan fingerprint density at radius 3 is 2.67 bits per heavy atom. The Bertz CT molecular complexity index is 485. The van der Waals surface area contributed by atoms with Gasteiger partial charge in [0.1, 0.15) is 0 Å². The summed E-state index contributed by atoms with van der Waals surface area (Å²) in [7, 11) is 0. The Balaban J connectivity index is 2.20. The molecule has 2 rings (SSSR count). The summed E-state index contributed by atoms with van der Waals surface area (Å²) >= 11 is 0. The molecule has 0 fully saturated rings. The van der Waals surface area contributed by atoms with Crippen molar-refractivity contribution >= 4 is 5.95 Å². The third kappa shape index (κ3) is 2.73. The topological polar surface area (TPSA) is 29.9 Å². The van der Waals surface area contributed by atoms with Gasteiger partial charge in [-0.1, -0.05) is 36.8 Å². The second-order valence-corrected chi connectivity index (χ2v) is 4.67. The van der Waals surface area contributed by atoms with Crippen molar-refractivity contribution in [3.8, 4) is 0 Å². The van der Waals surface area contributed by atoms with E-state index in [2.05, 4.69) is 59.9 Å². The molecule has 3 nitrogen and oxygen atoms in total. The van der Waals surface area contributed by atoms with E-state index in [9.17, 15) is 0 Å². The lowest BCUT2D eigenvalue weighted by molar-refractivity contribution is 0.642. The standard InChI is InChI=1S/C15H21N3/c1-4-9-16-15-17-10-11-18(15)13(3)14-7-5-12(2)6-8-14/h5-8,10-11,13H,4,9H2,1-3H3,(H,16,17). The number of hydrogen-bond acceptors (Lipinski definition) is 2. The van der Waals surface area contributed by atoms with Gasteiger partial charge in [-0.25, -0.2) is 4.98 Å². The van der Waals surface area contributed by atoms with Crippen LogP contribution in [0.3, 0.4) is 0 Å². The average molecular weight is 243 g/mol. The van der Waals surface area contributed by atoms with Gasteiger partial charge in [-0.3, -0.25) is 0 Å². The first kappa shape index (κ1) is 12.7. The zero-order chi connectivity index (χ0) is 13.0. The Hall–Kier alpha value is -1.77. The van der Waals surface area contributed by atoms with Crippen LogP contribution >= 0.6 is 0 Å². The van der Waals surface area contributed by atoms with Gasteiger partial charge in [0.15, 0.2) is 0 Å². The molecule has 0 bridgehead atoms. The Labute approximate surface area is 109 Å². The Kier molecular flexibility index (Phi) is 4.03. The number of nitrogens with one attached hydrogen (secondary N) is 1. The van der Waals surface area contributed by atoms with Crippen molar-refractivity contribution in [3.63, 3.8) is 0 Å². The molecule has 0 amide bonds. The SMILES string of the molecule is CCCNc1nccn1C(C)c1ccc(C)cc1. The van der Waals surface area contributed by atoms with E-state index in [0.717, 1.165) is 18.9 Å². The molecule has 1 heterocycles. The molecule has 0 spiro atoms. The van der Waals surface area contributed by atoms with E-state index in [1.807, 2.05) is 12.4 Å². The number of hydrogen-bond donors (Lipinski definition) is 1. The highest BCUT2D eigenvalue weighted by molar-refractivity contribution is 5.31. The van der Waals surface area contributed by atoms with Crippen molar-refractivity contribution in [2.45, 2.75) is 33.2 Å². The van der Waals surface area contributed by atoms with Crippen molar-refractivity contribution in [1.29, 1.82) is 0 Å². The van der Waals surface area contributed by atoms with Crippen LogP contribution in [-0.4, -0.2) is 16.1 Å². The van der Waals surface area contributed by atoms with E-state index >= 15 is 0 Å². The van der Waals surface area contributed by atoms with Crippen LogP contribution in [0, 0.1) is 6.92 Å². The third-order valence-corrected chi connectivity index (χ3v) is 3.18. The van der Waals surface area contributed by atoms with Gasteiger partial charge in [0.05, 0.1) is 6.04 Å². The second kappa shape index (κ2) is 5.71. The van der Waals surface area contributed by atoms with Gasteiger partial charge in [-0.05, 0) is 25.8 Å². The van der Waals surface area contributed by atoms with Gasteiger partial charge in [-0.15, -0.1) is 0 Å². The maximum absolute atomic E-state index is 4.37. The number of rotatable bonds is 5. The molecule has 0 radical (unpaired) electrons. The zero-order valence-electron chi connectivity index (χ0n) is 11.4. The molecular formula is C15H21N3. The van der Waals surface area contributed by atoms with Crippen molar-refractivity contribution in [3.05, 3.63) is 47.8 Å². The Morgan fingerprint density at radius 2 is 2.00 bits per heavy atom. The predicted molar refractivity (Wildman–Crippen MR) is 76.0 cm³/mol. The number of nitrogens with zero attached hydrogens (tertiary/aromatic N) is 2. The molecular weight excluding hydrogens is 222 g/mol. The van der Waals surface area contributed by atoms with Crippen molar-refractivity contribution in [2.24, 2.45) is 0 Å². The lowest BCUT2D eigenvalue weighted by atomic mass is 10.1. The van der Waals surface area contributed by atoms with E-state index in [-0.39, 0.29) is 0 Å². The summed E-state index contributed by atoms with van der Waals surface area (Å²) in [5, 5.41) is 3.36. The molecule has 2 aromatic rings.